The molecule has 1 heterocycles. The molecule has 1 aromatic carbocycles. The first-order valence-electron chi connectivity index (χ1n) is 6.17. The zero-order chi connectivity index (χ0) is 15.1. The van der Waals surface area contributed by atoms with Crippen molar-refractivity contribution in [2.24, 2.45) is 11.8 Å². The van der Waals surface area contributed by atoms with Crippen LogP contribution in [0, 0.1) is 11.8 Å². The number of rotatable bonds is 3. The van der Waals surface area contributed by atoms with Gasteiger partial charge in [-0.2, -0.15) is 12.7 Å². The Morgan fingerprint density at radius 1 is 1.05 bits per heavy atom. The van der Waals surface area contributed by atoms with E-state index in [0.717, 1.165) is 12.1 Å². The van der Waals surface area contributed by atoms with Gasteiger partial charge in [0.05, 0.1) is 9.79 Å². The lowest BCUT2D eigenvalue weighted by Gasteiger charge is -2.16. The number of benzene rings is 1. The molecule has 112 valence electrons. The molecule has 2 unspecified atom stereocenters. The van der Waals surface area contributed by atoms with Crippen LogP contribution in [0.15, 0.2) is 34.1 Å². The van der Waals surface area contributed by atoms with Gasteiger partial charge in [0.25, 0.3) is 0 Å². The van der Waals surface area contributed by atoms with Crippen LogP contribution in [0.5, 0.6) is 0 Å². The van der Waals surface area contributed by atoms with Crippen LogP contribution in [0.2, 0.25) is 0 Å². The Balaban J connectivity index is 2.41. The van der Waals surface area contributed by atoms with Gasteiger partial charge in [-0.15, -0.1) is 3.89 Å². The van der Waals surface area contributed by atoms with Crippen LogP contribution in [0.1, 0.15) is 13.8 Å². The molecule has 1 saturated heterocycles. The molecule has 0 radical (unpaired) electrons. The molecule has 0 bridgehead atoms. The van der Waals surface area contributed by atoms with Gasteiger partial charge in [-0.25, -0.2) is 8.42 Å². The van der Waals surface area contributed by atoms with Gasteiger partial charge in [0, 0.05) is 13.1 Å². The van der Waals surface area contributed by atoms with E-state index in [9.17, 15) is 20.7 Å². The summed E-state index contributed by atoms with van der Waals surface area (Å²) in [5, 5.41) is 0. The summed E-state index contributed by atoms with van der Waals surface area (Å²) in [4.78, 5) is -0.837. The normalized spacial score (nSPS) is 24.9. The number of halogens is 1. The minimum atomic E-state index is -4.91. The van der Waals surface area contributed by atoms with E-state index in [4.69, 9.17) is 0 Å². The summed E-state index contributed by atoms with van der Waals surface area (Å²) in [6.45, 7) is 4.69. The fourth-order valence-corrected chi connectivity index (χ4v) is 4.48. The van der Waals surface area contributed by atoms with E-state index < -0.39 is 25.1 Å². The lowest BCUT2D eigenvalue weighted by atomic mass is 10.0. The highest BCUT2D eigenvalue weighted by Crippen LogP contribution is 2.29. The summed E-state index contributed by atoms with van der Waals surface area (Å²) in [5.74, 6) is 0.468. The maximum atomic E-state index is 13.0. The molecule has 0 saturated carbocycles. The third kappa shape index (κ3) is 2.87. The molecule has 1 aromatic rings. The van der Waals surface area contributed by atoms with Gasteiger partial charge in [-0.05, 0) is 30.0 Å². The van der Waals surface area contributed by atoms with Gasteiger partial charge >= 0.3 is 10.2 Å². The predicted octanol–water partition coefficient (Wildman–Crippen LogP) is 1.62. The largest absolute Gasteiger partial charge is 0.332 e. The van der Waals surface area contributed by atoms with Crippen molar-refractivity contribution in [3.63, 3.8) is 0 Å². The van der Waals surface area contributed by atoms with Crippen molar-refractivity contribution < 1.29 is 20.7 Å². The van der Waals surface area contributed by atoms with Crippen LogP contribution in [-0.2, 0) is 20.2 Å². The van der Waals surface area contributed by atoms with E-state index >= 15 is 0 Å². The fourth-order valence-electron chi connectivity index (χ4n) is 2.21. The Kier molecular flexibility index (Phi) is 3.92. The maximum Gasteiger partial charge on any atom is 0.332 e. The van der Waals surface area contributed by atoms with Crippen molar-refractivity contribution in [2.45, 2.75) is 23.6 Å². The maximum absolute atomic E-state index is 13.0. The van der Waals surface area contributed by atoms with Crippen LogP contribution in [0.3, 0.4) is 0 Å². The average Bonchev–Trinajstić information content (AvgIpc) is 2.69. The van der Waals surface area contributed by atoms with Crippen LogP contribution in [0.4, 0.5) is 3.89 Å². The summed E-state index contributed by atoms with van der Waals surface area (Å²) in [6, 6.07) is 4.39. The summed E-state index contributed by atoms with van der Waals surface area (Å²) < 4.78 is 60.8. The molecule has 0 amide bonds. The van der Waals surface area contributed by atoms with Crippen molar-refractivity contribution >= 4 is 20.2 Å². The minimum Gasteiger partial charge on any atom is -0.207 e. The van der Waals surface area contributed by atoms with Gasteiger partial charge in [-0.1, -0.05) is 19.9 Å². The smallest absolute Gasteiger partial charge is 0.207 e. The molecule has 8 heteroatoms. The average molecular weight is 321 g/mol. The molecule has 20 heavy (non-hydrogen) atoms. The second-order valence-electron chi connectivity index (χ2n) is 5.19. The molecule has 0 aromatic heterocycles. The van der Waals surface area contributed by atoms with E-state index in [1.165, 1.54) is 16.4 Å². The van der Waals surface area contributed by atoms with Crippen LogP contribution < -0.4 is 0 Å². The van der Waals surface area contributed by atoms with Gasteiger partial charge in [0.15, 0.2) is 0 Å². The quantitative estimate of drug-likeness (QED) is 0.793. The van der Waals surface area contributed by atoms with Gasteiger partial charge < -0.3 is 0 Å². The summed E-state index contributed by atoms with van der Waals surface area (Å²) in [5.41, 5.74) is 0. The fraction of sp³-hybridized carbons (Fsp3) is 0.500. The number of hydrogen-bond acceptors (Lipinski definition) is 4. The van der Waals surface area contributed by atoms with Crippen LogP contribution in [0.25, 0.3) is 0 Å². The topological polar surface area (TPSA) is 71.5 Å². The van der Waals surface area contributed by atoms with Crippen molar-refractivity contribution in [1.29, 1.82) is 0 Å². The summed E-state index contributed by atoms with van der Waals surface area (Å²) >= 11 is 0. The third-order valence-corrected chi connectivity index (χ3v) is 6.32. The SMILES string of the molecule is CC1CN(S(=O)(=O)c2cccc(S(=O)(=O)F)c2)CC1C. The van der Waals surface area contributed by atoms with E-state index in [-0.39, 0.29) is 16.7 Å². The zero-order valence-electron chi connectivity index (χ0n) is 11.2. The highest BCUT2D eigenvalue weighted by Gasteiger charge is 2.35. The Morgan fingerprint density at radius 3 is 2.05 bits per heavy atom. The van der Waals surface area contributed by atoms with E-state index in [0.29, 0.717) is 13.1 Å². The first kappa shape index (κ1) is 15.4. The van der Waals surface area contributed by atoms with E-state index in [1.54, 1.807) is 0 Å². The molecular weight excluding hydrogens is 305 g/mol. The van der Waals surface area contributed by atoms with Crippen molar-refractivity contribution in [2.75, 3.05) is 13.1 Å². The lowest BCUT2D eigenvalue weighted by Crippen LogP contribution is -2.29. The van der Waals surface area contributed by atoms with Gasteiger partial charge in [-0.3, -0.25) is 0 Å². The van der Waals surface area contributed by atoms with Crippen molar-refractivity contribution in [1.82, 2.24) is 4.31 Å². The standard InChI is InChI=1S/C12H16FNO4S2/c1-9-7-14(8-10(9)2)20(17,18)12-5-3-4-11(6-12)19(13,15)16/h3-6,9-10H,7-8H2,1-2H3. The molecule has 2 rings (SSSR count). The van der Waals surface area contributed by atoms with E-state index in [1.807, 2.05) is 13.8 Å². The first-order valence-corrected chi connectivity index (χ1v) is 8.99. The minimum absolute atomic E-state index is 0.197. The second-order valence-corrected chi connectivity index (χ2v) is 8.47. The molecule has 5 nitrogen and oxygen atoms in total. The van der Waals surface area contributed by atoms with E-state index in [2.05, 4.69) is 0 Å². The third-order valence-electron chi connectivity index (χ3n) is 3.68. The Morgan fingerprint density at radius 2 is 1.55 bits per heavy atom. The molecule has 0 aliphatic carbocycles. The lowest BCUT2D eigenvalue weighted by molar-refractivity contribution is 0.463. The molecule has 0 spiro atoms. The monoisotopic (exact) mass is 321 g/mol. The molecule has 1 aliphatic heterocycles. The molecule has 1 fully saturated rings. The Bertz CT molecular complexity index is 705. The zero-order valence-corrected chi connectivity index (χ0v) is 12.8. The Hall–Kier alpha value is -0.990. The molecule has 0 N–H and O–H groups in total. The highest BCUT2D eigenvalue weighted by atomic mass is 32.3. The molecule has 2 atom stereocenters. The highest BCUT2D eigenvalue weighted by molar-refractivity contribution is 7.89. The predicted molar refractivity (Wildman–Crippen MR) is 71.8 cm³/mol. The summed E-state index contributed by atoms with van der Waals surface area (Å²) in [7, 11) is -8.70. The summed E-state index contributed by atoms with van der Waals surface area (Å²) in [6.07, 6.45) is 0. The van der Waals surface area contributed by atoms with Crippen LogP contribution in [-0.4, -0.2) is 34.2 Å². The second kappa shape index (κ2) is 5.09. The van der Waals surface area contributed by atoms with Crippen LogP contribution >= 0.6 is 0 Å². The first-order chi connectivity index (χ1) is 9.12. The molecule has 1 aliphatic rings. The van der Waals surface area contributed by atoms with Crippen molar-refractivity contribution in [3.8, 4) is 0 Å². The molecular formula is C12H16FNO4S2. The van der Waals surface area contributed by atoms with Gasteiger partial charge in [0.1, 0.15) is 0 Å². The number of hydrogen-bond donors (Lipinski definition) is 0. The Labute approximate surface area is 118 Å². The van der Waals surface area contributed by atoms with Gasteiger partial charge in [0.2, 0.25) is 10.0 Å². The number of sulfonamides is 1. The number of nitrogens with zero attached hydrogens (tertiary/aromatic N) is 1. The van der Waals surface area contributed by atoms with Crippen molar-refractivity contribution in [3.05, 3.63) is 24.3 Å².